The Morgan fingerprint density at radius 2 is 2.10 bits per heavy atom. The van der Waals surface area contributed by atoms with Gasteiger partial charge in [0.2, 0.25) is 0 Å². The van der Waals surface area contributed by atoms with E-state index in [1.165, 1.54) is 31.5 Å². The molecule has 6 heteroatoms. The minimum absolute atomic E-state index is 0.545. The molecule has 0 saturated carbocycles. The SMILES string of the molecule is CCNC(=NCc1ccc(C)cc1OCCOC)NCC1CCCN(C(C)C)C1. The van der Waals surface area contributed by atoms with Gasteiger partial charge in [-0.05, 0) is 64.6 Å². The number of guanidine groups is 1. The Balaban J connectivity index is 1.96. The second-order valence-corrected chi connectivity index (χ2v) is 8.13. The Morgan fingerprint density at radius 1 is 1.28 bits per heavy atom. The minimum Gasteiger partial charge on any atom is -0.491 e. The number of hydrogen-bond donors (Lipinski definition) is 2. The summed E-state index contributed by atoms with van der Waals surface area (Å²) in [7, 11) is 1.69. The van der Waals surface area contributed by atoms with E-state index >= 15 is 0 Å². The summed E-state index contributed by atoms with van der Waals surface area (Å²) < 4.78 is 11.0. The Labute approximate surface area is 177 Å². The van der Waals surface area contributed by atoms with Crippen LogP contribution in [0.5, 0.6) is 5.75 Å². The maximum Gasteiger partial charge on any atom is 0.191 e. The van der Waals surface area contributed by atoms with Gasteiger partial charge < -0.3 is 25.0 Å². The first-order valence-corrected chi connectivity index (χ1v) is 11.0. The molecule has 29 heavy (non-hydrogen) atoms. The summed E-state index contributed by atoms with van der Waals surface area (Å²) in [4.78, 5) is 7.39. The number of methoxy groups -OCH3 is 1. The van der Waals surface area contributed by atoms with Gasteiger partial charge in [-0.2, -0.15) is 0 Å². The van der Waals surface area contributed by atoms with Crippen molar-refractivity contribution in [3.63, 3.8) is 0 Å². The monoisotopic (exact) mass is 404 g/mol. The number of rotatable bonds is 10. The first kappa shape index (κ1) is 23.5. The largest absolute Gasteiger partial charge is 0.491 e. The maximum absolute atomic E-state index is 5.90. The van der Waals surface area contributed by atoms with Crippen LogP contribution < -0.4 is 15.4 Å². The third-order valence-electron chi connectivity index (χ3n) is 5.36. The lowest BCUT2D eigenvalue weighted by Gasteiger charge is -2.35. The summed E-state index contributed by atoms with van der Waals surface area (Å²) in [5.74, 6) is 2.43. The van der Waals surface area contributed by atoms with Crippen molar-refractivity contribution < 1.29 is 9.47 Å². The van der Waals surface area contributed by atoms with Crippen molar-refractivity contribution in [1.29, 1.82) is 0 Å². The Hall–Kier alpha value is -1.79. The lowest BCUT2D eigenvalue weighted by atomic mass is 9.97. The first-order valence-electron chi connectivity index (χ1n) is 11.0. The fourth-order valence-electron chi connectivity index (χ4n) is 3.64. The highest BCUT2D eigenvalue weighted by Crippen LogP contribution is 2.21. The molecule has 0 spiro atoms. The average Bonchev–Trinajstić information content (AvgIpc) is 2.71. The molecule has 1 aliphatic heterocycles. The Morgan fingerprint density at radius 3 is 2.83 bits per heavy atom. The molecule has 2 rings (SSSR count). The number of aliphatic imine (C=N–C) groups is 1. The zero-order valence-electron chi connectivity index (χ0n) is 19.0. The summed E-state index contributed by atoms with van der Waals surface area (Å²) in [5, 5.41) is 6.93. The molecular formula is C23H40N4O2. The number of nitrogens with one attached hydrogen (secondary N) is 2. The van der Waals surface area contributed by atoms with Gasteiger partial charge in [0.1, 0.15) is 12.4 Å². The molecule has 1 aliphatic rings. The topological polar surface area (TPSA) is 58.1 Å². The minimum atomic E-state index is 0.545. The van der Waals surface area contributed by atoms with Crippen LogP contribution in [0, 0.1) is 12.8 Å². The first-order chi connectivity index (χ1) is 14.0. The van der Waals surface area contributed by atoms with Crippen molar-refractivity contribution in [3.05, 3.63) is 29.3 Å². The highest BCUT2D eigenvalue weighted by molar-refractivity contribution is 5.79. The summed E-state index contributed by atoms with van der Waals surface area (Å²) in [5.41, 5.74) is 2.27. The third kappa shape index (κ3) is 8.23. The third-order valence-corrected chi connectivity index (χ3v) is 5.36. The van der Waals surface area contributed by atoms with Crippen molar-refractivity contribution in [2.45, 2.75) is 53.1 Å². The van der Waals surface area contributed by atoms with Crippen LogP contribution in [0.25, 0.3) is 0 Å². The number of benzene rings is 1. The van der Waals surface area contributed by atoms with Crippen LogP contribution in [0.2, 0.25) is 0 Å². The van der Waals surface area contributed by atoms with E-state index in [4.69, 9.17) is 14.5 Å². The number of likely N-dealkylation sites (tertiary alicyclic amines) is 1. The molecule has 0 amide bonds. The molecule has 1 unspecified atom stereocenters. The normalized spacial score (nSPS) is 18.1. The summed E-state index contributed by atoms with van der Waals surface area (Å²) in [6.45, 7) is 14.7. The van der Waals surface area contributed by atoms with E-state index in [2.05, 4.69) is 61.4 Å². The predicted octanol–water partition coefficient (Wildman–Crippen LogP) is 3.20. The molecule has 1 aromatic rings. The summed E-state index contributed by atoms with van der Waals surface area (Å²) in [6.07, 6.45) is 2.56. The molecule has 2 N–H and O–H groups in total. The lowest BCUT2D eigenvalue weighted by molar-refractivity contribution is 0.141. The number of piperidine rings is 1. The van der Waals surface area contributed by atoms with E-state index in [9.17, 15) is 0 Å². The van der Waals surface area contributed by atoms with Gasteiger partial charge in [-0.25, -0.2) is 4.99 Å². The molecule has 164 valence electrons. The van der Waals surface area contributed by atoms with Gasteiger partial charge in [-0.15, -0.1) is 0 Å². The van der Waals surface area contributed by atoms with Crippen LogP contribution in [0.15, 0.2) is 23.2 Å². The molecule has 1 fully saturated rings. The van der Waals surface area contributed by atoms with Crippen molar-refractivity contribution in [2.24, 2.45) is 10.9 Å². The zero-order valence-corrected chi connectivity index (χ0v) is 19.0. The predicted molar refractivity (Wildman–Crippen MR) is 121 cm³/mol. The van der Waals surface area contributed by atoms with Gasteiger partial charge in [0, 0.05) is 38.3 Å². The van der Waals surface area contributed by atoms with Crippen LogP contribution in [-0.4, -0.2) is 63.4 Å². The highest BCUT2D eigenvalue weighted by Gasteiger charge is 2.21. The molecule has 1 aromatic carbocycles. The van der Waals surface area contributed by atoms with E-state index in [0.29, 0.717) is 31.7 Å². The molecule has 1 heterocycles. The molecular weight excluding hydrogens is 364 g/mol. The van der Waals surface area contributed by atoms with Crippen molar-refractivity contribution >= 4 is 5.96 Å². The highest BCUT2D eigenvalue weighted by atomic mass is 16.5. The van der Waals surface area contributed by atoms with Gasteiger partial charge in [0.15, 0.2) is 5.96 Å². The molecule has 0 aromatic heterocycles. The Kier molecular flexibility index (Phi) is 10.3. The lowest BCUT2D eigenvalue weighted by Crippen LogP contribution is -2.46. The standard InChI is InChI=1S/C23H40N4O2/c1-6-24-23(25-15-20-8-7-11-27(17-20)18(2)3)26-16-21-10-9-19(4)14-22(21)29-13-12-28-5/h9-10,14,18,20H,6-8,11-13,15-17H2,1-5H3,(H2,24,25,26). The number of ether oxygens (including phenoxy) is 2. The zero-order chi connectivity index (χ0) is 21.1. The molecule has 6 nitrogen and oxygen atoms in total. The second-order valence-electron chi connectivity index (χ2n) is 8.13. The van der Waals surface area contributed by atoms with Crippen LogP contribution >= 0.6 is 0 Å². The number of hydrogen-bond acceptors (Lipinski definition) is 4. The van der Waals surface area contributed by atoms with Crippen LogP contribution in [0.3, 0.4) is 0 Å². The van der Waals surface area contributed by atoms with Gasteiger partial charge in [-0.3, -0.25) is 0 Å². The molecule has 0 aliphatic carbocycles. The average molecular weight is 405 g/mol. The molecule has 0 radical (unpaired) electrons. The molecule has 1 atom stereocenters. The van der Waals surface area contributed by atoms with Crippen molar-refractivity contribution in [3.8, 4) is 5.75 Å². The van der Waals surface area contributed by atoms with Crippen molar-refractivity contribution in [1.82, 2.24) is 15.5 Å². The fourth-order valence-corrected chi connectivity index (χ4v) is 3.64. The fraction of sp³-hybridized carbons (Fsp3) is 0.696. The maximum atomic E-state index is 5.90. The van der Waals surface area contributed by atoms with Gasteiger partial charge in [0.05, 0.1) is 13.2 Å². The molecule has 0 bridgehead atoms. The summed E-state index contributed by atoms with van der Waals surface area (Å²) in [6, 6.07) is 6.91. The van der Waals surface area contributed by atoms with Crippen LogP contribution in [0.4, 0.5) is 0 Å². The second kappa shape index (κ2) is 12.7. The summed E-state index contributed by atoms with van der Waals surface area (Å²) >= 11 is 0. The van der Waals surface area contributed by atoms with Gasteiger partial charge in [0.25, 0.3) is 0 Å². The van der Waals surface area contributed by atoms with E-state index in [-0.39, 0.29) is 0 Å². The van der Waals surface area contributed by atoms with Crippen molar-refractivity contribution in [2.75, 3.05) is 46.5 Å². The van der Waals surface area contributed by atoms with E-state index in [0.717, 1.165) is 30.4 Å². The number of nitrogens with zero attached hydrogens (tertiary/aromatic N) is 2. The number of aryl methyl sites for hydroxylation is 1. The Bertz CT molecular complexity index is 633. The quantitative estimate of drug-likeness (QED) is 0.356. The smallest absolute Gasteiger partial charge is 0.191 e. The van der Waals surface area contributed by atoms with Gasteiger partial charge >= 0.3 is 0 Å². The van der Waals surface area contributed by atoms with E-state index in [1.807, 2.05) is 0 Å². The van der Waals surface area contributed by atoms with E-state index < -0.39 is 0 Å². The van der Waals surface area contributed by atoms with Gasteiger partial charge in [-0.1, -0.05) is 12.1 Å². The van der Waals surface area contributed by atoms with Crippen LogP contribution in [-0.2, 0) is 11.3 Å². The molecule has 1 saturated heterocycles. The van der Waals surface area contributed by atoms with Crippen LogP contribution in [0.1, 0.15) is 44.7 Å². The van der Waals surface area contributed by atoms with E-state index in [1.54, 1.807) is 7.11 Å².